The van der Waals surface area contributed by atoms with Crippen molar-refractivity contribution in [2.75, 3.05) is 13.7 Å². The van der Waals surface area contributed by atoms with Crippen molar-refractivity contribution in [3.05, 3.63) is 87.7 Å². The molecule has 0 spiro atoms. The fourth-order valence-electron chi connectivity index (χ4n) is 4.74. The molecular weight excluding hydrogens is 600 g/mol. The first kappa shape index (κ1) is 32.0. The molecule has 0 unspecified atom stereocenters. The summed E-state index contributed by atoms with van der Waals surface area (Å²) < 4.78 is 146. The molecule has 1 heterocycles. The number of amides is 1. The zero-order valence-corrected chi connectivity index (χ0v) is 22.6. The number of methoxy groups -OCH3 is 1. The Bertz CT molecular complexity index is 1490. The van der Waals surface area contributed by atoms with Crippen molar-refractivity contribution >= 4 is 6.09 Å². The molecule has 14 heteroatoms. The average molecular weight is 623 g/mol. The van der Waals surface area contributed by atoms with Crippen LogP contribution in [-0.4, -0.2) is 24.6 Å². The maximum absolute atomic E-state index is 14.7. The van der Waals surface area contributed by atoms with Crippen molar-refractivity contribution in [2.45, 2.75) is 50.9 Å². The number of hydrogen-bond donors (Lipinski definition) is 0. The van der Waals surface area contributed by atoms with E-state index in [-0.39, 0.29) is 40.0 Å². The third-order valence-corrected chi connectivity index (χ3v) is 6.89. The first-order valence-corrected chi connectivity index (χ1v) is 12.6. The summed E-state index contributed by atoms with van der Waals surface area (Å²) in [6.45, 7) is 2.25. The summed E-state index contributed by atoms with van der Waals surface area (Å²) in [5.74, 6) is -0.964. The van der Waals surface area contributed by atoms with Gasteiger partial charge in [0.1, 0.15) is 17.7 Å². The molecule has 1 aliphatic heterocycles. The number of ether oxygens (including phenoxy) is 2. The Hall–Kier alpha value is -3.97. The van der Waals surface area contributed by atoms with E-state index in [0.29, 0.717) is 12.1 Å². The molecule has 1 saturated heterocycles. The van der Waals surface area contributed by atoms with E-state index < -0.39 is 71.9 Å². The first-order chi connectivity index (χ1) is 19.8. The largest absolute Gasteiger partial charge is 0.496 e. The predicted octanol–water partition coefficient (Wildman–Crippen LogP) is 9.37. The number of nitrogens with zero attached hydrogens (tertiary/aromatic N) is 1. The lowest BCUT2D eigenvalue weighted by Gasteiger charge is -2.21. The van der Waals surface area contributed by atoms with Crippen LogP contribution in [0.25, 0.3) is 11.1 Å². The third-order valence-electron chi connectivity index (χ3n) is 6.89. The quantitative estimate of drug-likeness (QED) is 0.257. The monoisotopic (exact) mass is 623 g/mol. The van der Waals surface area contributed by atoms with Gasteiger partial charge < -0.3 is 9.47 Å². The molecule has 4 nitrogen and oxygen atoms in total. The molecule has 0 aliphatic carbocycles. The van der Waals surface area contributed by atoms with Crippen LogP contribution in [0.15, 0.2) is 48.5 Å². The highest BCUT2D eigenvalue weighted by Crippen LogP contribution is 2.42. The lowest BCUT2D eigenvalue weighted by Crippen LogP contribution is -2.24. The topological polar surface area (TPSA) is 38.8 Å². The van der Waals surface area contributed by atoms with Crippen LogP contribution in [0.4, 0.5) is 48.7 Å². The Kier molecular flexibility index (Phi) is 8.37. The summed E-state index contributed by atoms with van der Waals surface area (Å²) in [5, 5.41) is 0. The number of halogens is 10. The highest BCUT2D eigenvalue weighted by atomic mass is 19.4. The van der Waals surface area contributed by atoms with Crippen molar-refractivity contribution in [1.82, 2.24) is 4.90 Å². The SMILES string of the molecule is COc1cc(F)c(C(C)C)cc1-c1ccc(C(F)(F)F)cc1CN1C[C@@H](c2cc(C(F)(F)F)cc(C(F)(F)F)c2)OC1=O. The number of cyclic esters (lactones) is 1. The molecular formula is C29H23F10NO3. The Morgan fingerprint density at radius 1 is 0.837 bits per heavy atom. The molecule has 232 valence electrons. The van der Waals surface area contributed by atoms with Crippen LogP contribution in [0, 0.1) is 5.82 Å². The van der Waals surface area contributed by atoms with E-state index in [9.17, 15) is 48.7 Å². The summed E-state index contributed by atoms with van der Waals surface area (Å²) in [4.78, 5) is 13.6. The summed E-state index contributed by atoms with van der Waals surface area (Å²) >= 11 is 0. The van der Waals surface area contributed by atoms with Crippen LogP contribution < -0.4 is 4.74 Å². The average Bonchev–Trinajstić information content (AvgIpc) is 3.26. The van der Waals surface area contributed by atoms with Gasteiger partial charge in [0.2, 0.25) is 0 Å². The van der Waals surface area contributed by atoms with Gasteiger partial charge in [-0.25, -0.2) is 9.18 Å². The fraction of sp³-hybridized carbons (Fsp3) is 0.345. The fourth-order valence-corrected chi connectivity index (χ4v) is 4.74. The van der Waals surface area contributed by atoms with Crippen LogP contribution in [0.2, 0.25) is 0 Å². The maximum atomic E-state index is 14.7. The van der Waals surface area contributed by atoms with Crippen LogP contribution >= 0.6 is 0 Å². The number of rotatable bonds is 6. The van der Waals surface area contributed by atoms with Gasteiger partial charge >= 0.3 is 24.6 Å². The van der Waals surface area contributed by atoms with Gasteiger partial charge in [0.15, 0.2) is 0 Å². The molecule has 43 heavy (non-hydrogen) atoms. The number of carbonyl (C=O) groups excluding carboxylic acids is 1. The second-order valence-corrected chi connectivity index (χ2v) is 10.2. The molecule has 3 aromatic carbocycles. The minimum atomic E-state index is -5.14. The van der Waals surface area contributed by atoms with E-state index in [1.165, 1.54) is 13.2 Å². The van der Waals surface area contributed by atoms with Crippen molar-refractivity contribution < 1.29 is 58.2 Å². The van der Waals surface area contributed by atoms with E-state index in [2.05, 4.69) is 0 Å². The van der Waals surface area contributed by atoms with Crippen LogP contribution in [-0.2, 0) is 29.8 Å². The highest BCUT2D eigenvalue weighted by Gasteiger charge is 2.40. The maximum Gasteiger partial charge on any atom is 0.416 e. The number of alkyl halides is 9. The van der Waals surface area contributed by atoms with Crippen molar-refractivity contribution in [1.29, 1.82) is 0 Å². The van der Waals surface area contributed by atoms with Gasteiger partial charge in [-0.2, -0.15) is 39.5 Å². The molecule has 4 rings (SSSR count). The Morgan fingerprint density at radius 2 is 1.42 bits per heavy atom. The molecule has 1 atom stereocenters. The predicted molar refractivity (Wildman–Crippen MR) is 134 cm³/mol. The van der Waals surface area contributed by atoms with Gasteiger partial charge in [-0.3, -0.25) is 4.90 Å². The third kappa shape index (κ3) is 6.83. The highest BCUT2D eigenvalue weighted by molar-refractivity contribution is 5.76. The van der Waals surface area contributed by atoms with Crippen LogP contribution in [0.1, 0.15) is 59.3 Å². The van der Waals surface area contributed by atoms with E-state index in [4.69, 9.17) is 9.47 Å². The van der Waals surface area contributed by atoms with Crippen molar-refractivity contribution in [2.24, 2.45) is 0 Å². The summed E-state index contributed by atoms with van der Waals surface area (Å²) in [5.41, 5.74) is -4.46. The number of benzene rings is 3. The van der Waals surface area contributed by atoms with Gasteiger partial charge in [-0.15, -0.1) is 0 Å². The lowest BCUT2D eigenvalue weighted by molar-refractivity contribution is -0.143. The number of hydrogen-bond acceptors (Lipinski definition) is 3. The Balaban J connectivity index is 1.77. The molecule has 0 N–H and O–H groups in total. The second-order valence-electron chi connectivity index (χ2n) is 10.2. The standard InChI is InChI=1S/C29H23F10NO3/c1-14(2)21-10-22(24(42-3)11-23(21)30)20-5-4-17(27(31,32)33)8-16(20)12-40-13-25(43-26(40)41)15-6-18(28(34,35)36)9-19(7-15)29(37,38)39/h4-11,14,25H,12-13H2,1-3H3/t25-/m0/s1. The molecule has 1 fully saturated rings. The van der Waals surface area contributed by atoms with E-state index >= 15 is 0 Å². The number of carbonyl (C=O) groups is 1. The minimum Gasteiger partial charge on any atom is -0.496 e. The van der Waals surface area contributed by atoms with Gasteiger partial charge in [0.25, 0.3) is 0 Å². The zero-order valence-electron chi connectivity index (χ0n) is 22.6. The van der Waals surface area contributed by atoms with Gasteiger partial charge in [0, 0.05) is 18.2 Å². The molecule has 0 radical (unpaired) electrons. The molecule has 0 aromatic heterocycles. The van der Waals surface area contributed by atoms with Crippen molar-refractivity contribution in [3.8, 4) is 16.9 Å². The smallest absolute Gasteiger partial charge is 0.416 e. The van der Waals surface area contributed by atoms with Gasteiger partial charge in [-0.05, 0) is 64.6 Å². The van der Waals surface area contributed by atoms with E-state index in [0.717, 1.165) is 29.2 Å². The van der Waals surface area contributed by atoms with Gasteiger partial charge in [0.05, 0.1) is 30.3 Å². The zero-order chi connectivity index (χ0) is 32.1. The Labute approximate surface area is 238 Å². The van der Waals surface area contributed by atoms with Crippen molar-refractivity contribution in [3.63, 3.8) is 0 Å². The van der Waals surface area contributed by atoms with Gasteiger partial charge in [-0.1, -0.05) is 19.9 Å². The first-order valence-electron chi connectivity index (χ1n) is 12.6. The van der Waals surface area contributed by atoms with E-state index in [1.54, 1.807) is 13.8 Å². The van der Waals surface area contributed by atoms with Crippen LogP contribution in [0.5, 0.6) is 5.75 Å². The van der Waals surface area contributed by atoms with E-state index in [1.807, 2.05) is 0 Å². The second kappa shape index (κ2) is 11.3. The Morgan fingerprint density at radius 3 is 1.93 bits per heavy atom. The summed E-state index contributed by atoms with van der Waals surface area (Å²) in [7, 11) is 1.23. The molecule has 1 aliphatic rings. The normalized spacial score (nSPS) is 16.2. The van der Waals surface area contributed by atoms with Crippen LogP contribution in [0.3, 0.4) is 0 Å². The molecule has 0 bridgehead atoms. The molecule has 1 amide bonds. The lowest BCUT2D eigenvalue weighted by atomic mass is 9.92. The molecule has 3 aromatic rings. The summed E-state index contributed by atoms with van der Waals surface area (Å²) in [6.07, 6.45) is -17.8. The molecule has 0 saturated carbocycles. The summed E-state index contributed by atoms with van der Waals surface area (Å²) in [6, 6.07) is 5.87. The minimum absolute atomic E-state index is 0.0200.